The number of ether oxygens (including phenoxy) is 1. The summed E-state index contributed by atoms with van der Waals surface area (Å²) in [7, 11) is 0. The van der Waals surface area contributed by atoms with Gasteiger partial charge >= 0.3 is 6.30 Å². The van der Waals surface area contributed by atoms with Gasteiger partial charge in [-0.2, -0.15) is 13.2 Å². The van der Waals surface area contributed by atoms with E-state index in [2.05, 4.69) is 5.32 Å². The third kappa shape index (κ3) is 2.92. The van der Waals surface area contributed by atoms with E-state index in [4.69, 9.17) is 4.74 Å². The highest BCUT2D eigenvalue weighted by Crippen LogP contribution is 2.36. The predicted octanol–water partition coefficient (Wildman–Crippen LogP) is 1.74. The lowest BCUT2D eigenvalue weighted by molar-refractivity contribution is -0.301. The number of nitrogens with zero attached hydrogens (tertiary/aromatic N) is 1. The summed E-state index contributed by atoms with van der Waals surface area (Å²) in [6.07, 6.45) is -3.22. The molecule has 2 aliphatic rings. The van der Waals surface area contributed by atoms with E-state index in [-0.39, 0.29) is 19.3 Å². The highest BCUT2D eigenvalue weighted by Gasteiger charge is 2.51. The Morgan fingerprint density at radius 3 is 2.12 bits per heavy atom. The summed E-state index contributed by atoms with van der Waals surface area (Å²) in [6, 6.07) is -0.580. The van der Waals surface area contributed by atoms with E-state index in [1.54, 1.807) is 0 Å². The van der Waals surface area contributed by atoms with Gasteiger partial charge in [-0.25, -0.2) is 4.90 Å². The maximum Gasteiger partial charge on any atom is 0.460 e. The van der Waals surface area contributed by atoms with Gasteiger partial charge in [0.1, 0.15) is 0 Å². The fourth-order valence-electron chi connectivity index (χ4n) is 2.94. The highest BCUT2D eigenvalue weighted by molar-refractivity contribution is 4.95. The Morgan fingerprint density at radius 1 is 1.18 bits per heavy atom. The molecule has 2 atom stereocenters. The van der Waals surface area contributed by atoms with Crippen LogP contribution in [0.15, 0.2) is 0 Å². The Bertz CT molecular complexity index is 256. The second-order valence-corrected chi connectivity index (χ2v) is 5.21. The number of hydrogen-bond donors (Lipinski definition) is 1. The van der Waals surface area contributed by atoms with E-state index in [9.17, 15) is 13.2 Å². The zero-order valence-electron chi connectivity index (χ0n) is 10.1. The van der Waals surface area contributed by atoms with Crippen LogP contribution in [0.25, 0.3) is 0 Å². The van der Waals surface area contributed by atoms with Gasteiger partial charge in [-0.3, -0.25) is 0 Å². The van der Waals surface area contributed by atoms with Crippen molar-refractivity contribution in [1.29, 1.82) is 0 Å². The van der Waals surface area contributed by atoms with Crippen molar-refractivity contribution in [3.8, 4) is 0 Å². The summed E-state index contributed by atoms with van der Waals surface area (Å²) < 4.78 is 44.0. The van der Waals surface area contributed by atoms with Gasteiger partial charge in [0.15, 0.2) is 0 Å². The van der Waals surface area contributed by atoms with Crippen molar-refractivity contribution >= 4 is 0 Å². The van der Waals surface area contributed by atoms with Crippen molar-refractivity contribution in [3.05, 3.63) is 0 Å². The molecule has 2 heterocycles. The van der Waals surface area contributed by atoms with Gasteiger partial charge in [-0.1, -0.05) is 13.8 Å². The van der Waals surface area contributed by atoms with E-state index in [1.807, 2.05) is 13.8 Å². The average Bonchev–Trinajstić information content (AvgIpc) is 2.13. The highest BCUT2D eigenvalue weighted by atomic mass is 19.4. The molecule has 0 spiro atoms. The third-order valence-corrected chi connectivity index (χ3v) is 3.38. The fourth-order valence-corrected chi connectivity index (χ4v) is 2.94. The van der Waals surface area contributed by atoms with Crippen molar-refractivity contribution in [3.63, 3.8) is 0 Å². The van der Waals surface area contributed by atoms with Gasteiger partial charge < -0.3 is 10.1 Å². The van der Waals surface area contributed by atoms with E-state index < -0.39 is 18.4 Å². The zero-order chi connectivity index (χ0) is 12.6. The number of morpholine rings is 1. The molecule has 0 aromatic heterocycles. The third-order valence-electron chi connectivity index (χ3n) is 3.38. The van der Waals surface area contributed by atoms with Gasteiger partial charge in [-0.05, 0) is 12.8 Å². The molecule has 1 N–H and O–H groups in total. The maximum atomic E-state index is 12.9. The summed E-state index contributed by atoms with van der Waals surface area (Å²) in [6.45, 7) is 4.41. The number of fused-ring (bicyclic) bond motifs is 2. The topological polar surface area (TPSA) is 24.5 Å². The van der Waals surface area contributed by atoms with E-state index in [0.717, 1.165) is 0 Å². The van der Waals surface area contributed by atoms with Crippen LogP contribution in [0.1, 0.15) is 26.7 Å². The van der Waals surface area contributed by atoms with Gasteiger partial charge in [0.05, 0.1) is 13.2 Å². The lowest BCUT2D eigenvalue weighted by Crippen LogP contribution is -2.64. The van der Waals surface area contributed by atoms with Crippen molar-refractivity contribution < 1.29 is 17.9 Å². The number of rotatable bonds is 2. The van der Waals surface area contributed by atoms with E-state index in [1.165, 1.54) is 0 Å². The quantitative estimate of drug-likeness (QED) is 0.758. The number of hydrogen-bond acceptors (Lipinski definition) is 3. The molecule has 2 saturated heterocycles. The van der Waals surface area contributed by atoms with Crippen molar-refractivity contribution in [1.82, 2.24) is 10.2 Å². The average molecular weight is 252 g/mol. The van der Waals surface area contributed by atoms with Crippen LogP contribution in [0.2, 0.25) is 0 Å². The van der Waals surface area contributed by atoms with Crippen LogP contribution in [-0.4, -0.2) is 48.6 Å². The first-order valence-corrected chi connectivity index (χ1v) is 6.07. The molecule has 2 fully saturated rings. The Labute approximate surface area is 99.3 Å². The number of nitrogens with one attached hydrogen (secondary N) is 1. The minimum absolute atomic E-state index is 0.174. The van der Waals surface area contributed by atoms with Crippen LogP contribution in [0.5, 0.6) is 0 Å². The largest absolute Gasteiger partial charge is 0.460 e. The molecule has 2 rings (SSSR count). The maximum absolute atomic E-state index is 12.9. The van der Waals surface area contributed by atoms with Crippen LogP contribution in [-0.2, 0) is 4.74 Å². The van der Waals surface area contributed by atoms with Crippen molar-refractivity contribution in [2.24, 2.45) is 0 Å². The molecular formula is C11H19F3N2O. The molecule has 0 saturated carbocycles. The molecule has 0 aromatic carbocycles. The fraction of sp³-hybridized carbons (Fsp3) is 1.00. The first-order chi connectivity index (χ1) is 7.88. The van der Waals surface area contributed by atoms with Crippen LogP contribution < -0.4 is 5.32 Å². The van der Waals surface area contributed by atoms with Gasteiger partial charge in [0.2, 0.25) is 0 Å². The van der Waals surface area contributed by atoms with Crippen molar-refractivity contribution in [2.45, 2.75) is 57.2 Å². The van der Waals surface area contributed by atoms with Gasteiger partial charge in [0.25, 0.3) is 0 Å². The summed E-state index contributed by atoms with van der Waals surface area (Å²) in [5.74, 6) is 0. The van der Waals surface area contributed by atoms with Crippen LogP contribution in [0.3, 0.4) is 0 Å². The first kappa shape index (κ1) is 13.1. The second kappa shape index (κ2) is 4.74. The summed E-state index contributed by atoms with van der Waals surface area (Å²) >= 11 is 0. The smallest absolute Gasteiger partial charge is 0.378 e. The second-order valence-electron chi connectivity index (χ2n) is 5.21. The van der Waals surface area contributed by atoms with E-state index >= 15 is 0 Å². The standard InChI is InChI=1S/C11H19F3N2O/c1-7(2)15-8-3-9-5-17-6-10(4-8)16(9)11(12,13)14/h7-10,15H,3-6H2,1-2H3. The summed E-state index contributed by atoms with van der Waals surface area (Å²) in [5, 5.41) is 3.33. The number of piperidine rings is 1. The van der Waals surface area contributed by atoms with Gasteiger partial charge in [-0.15, -0.1) is 0 Å². The molecule has 2 unspecified atom stereocenters. The minimum Gasteiger partial charge on any atom is -0.378 e. The summed E-state index contributed by atoms with van der Waals surface area (Å²) in [4.78, 5) is 0.689. The molecule has 2 bridgehead atoms. The molecule has 0 radical (unpaired) electrons. The first-order valence-electron chi connectivity index (χ1n) is 6.07. The molecule has 0 amide bonds. The van der Waals surface area contributed by atoms with Crippen LogP contribution >= 0.6 is 0 Å². The van der Waals surface area contributed by atoms with E-state index in [0.29, 0.717) is 23.8 Å². The van der Waals surface area contributed by atoms with Gasteiger partial charge in [0, 0.05) is 24.2 Å². The monoisotopic (exact) mass is 252 g/mol. The Morgan fingerprint density at radius 2 is 1.71 bits per heavy atom. The van der Waals surface area contributed by atoms with Crippen LogP contribution in [0.4, 0.5) is 13.2 Å². The number of alkyl halides is 3. The Balaban J connectivity index is 2.06. The van der Waals surface area contributed by atoms with Crippen molar-refractivity contribution in [2.75, 3.05) is 13.2 Å². The molecule has 100 valence electrons. The lowest BCUT2D eigenvalue weighted by atomic mass is 9.90. The predicted molar refractivity (Wildman–Crippen MR) is 57.6 cm³/mol. The Kier molecular flexibility index (Phi) is 3.66. The van der Waals surface area contributed by atoms with Crippen LogP contribution in [0, 0.1) is 0 Å². The molecular weight excluding hydrogens is 233 g/mol. The molecule has 6 heteroatoms. The zero-order valence-corrected chi connectivity index (χ0v) is 10.1. The molecule has 0 aromatic rings. The summed E-state index contributed by atoms with van der Waals surface area (Å²) in [5.41, 5.74) is 0. The molecule has 17 heavy (non-hydrogen) atoms. The minimum atomic E-state index is -4.23. The normalized spacial score (nSPS) is 35.3. The molecule has 0 aliphatic carbocycles. The lowest BCUT2D eigenvalue weighted by Gasteiger charge is -2.49. The molecule has 2 aliphatic heterocycles. The SMILES string of the molecule is CC(C)NC1CC2COCC(C1)N2C(F)(F)F. The molecule has 3 nitrogen and oxygen atoms in total. The Hall–Kier alpha value is -0.330. The number of halogens is 3.